The number of methoxy groups -OCH3 is 2. The molecule has 0 aromatic rings. The monoisotopic (exact) mass is 1000 g/mol. The molecule has 0 aromatic carbocycles. The fourth-order valence-electron chi connectivity index (χ4n) is 6.36. The molecule has 1 heterocycles. The summed E-state index contributed by atoms with van der Waals surface area (Å²) in [6.45, 7) is 45.7. The molecule has 0 atom stereocenters. The Kier molecular flexibility index (Phi) is 56.5. The fourth-order valence-corrected chi connectivity index (χ4v) is 6.36. The first-order valence-electron chi connectivity index (χ1n) is 25.2. The van der Waals surface area contributed by atoms with E-state index in [9.17, 15) is 4.79 Å². The van der Waals surface area contributed by atoms with E-state index >= 15 is 0 Å². The van der Waals surface area contributed by atoms with Gasteiger partial charge in [-0.05, 0) is 189 Å². The molecule has 1 N–H and O–H groups in total. The van der Waals surface area contributed by atoms with Gasteiger partial charge < -0.3 is 24.1 Å². The molecule has 1 saturated heterocycles. The van der Waals surface area contributed by atoms with Gasteiger partial charge in [0.1, 0.15) is 6.29 Å². The van der Waals surface area contributed by atoms with E-state index in [4.69, 9.17) is 24.1 Å². The predicted octanol–water partition coefficient (Wildman–Crippen LogP) is 20.7. The molecule has 0 aliphatic carbocycles. The largest absolute Gasteiger partial charge is 0.392 e. The van der Waals surface area contributed by atoms with Crippen LogP contribution in [0.25, 0.3) is 0 Å². The van der Waals surface area contributed by atoms with Crippen LogP contribution >= 0.6 is 0 Å². The second-order valence-electron chi connectivity index (χ2n) is 23.1. The van der Waals surface area contributed by atoms with Crippen molar-refractivity contribution in [1.82, 2.24) is 0 Å². The minimum Gasteiger partial charge on any atom is -0.392 e. The second kappa shape index (κ2) is 47.1. The molecule has 0 spiro atoms. The van der Waals surface area contributed by atoms with Crippen LogP contribution in [-0.4, -0.2) is 58.0 Å². The number of aldehydes is 1. The van der Waals surface area contributed by atoms with Crippen molar-refractivity contribution >= 4 is 6.29 Å². The van der Waals surface area contributed by atoms with Crippen molar-refractivity contribution in [2.75, 3.05) is 34.0 Å². The number of aliphatic hydroxyl groups is 1. The lowest BCUT2D eigenvalue weighted by Crippen LogP contribution is -2.09. The Labute approximate surface area is 447 Å². The molecule has 1 aliphatic heterocycles. The van der Waals surface area contributed by atoms with Crippen LogP contribution in [0.15, 0.2) is 93.2 Å². The van der Waals surface area contributed by atoms with Crippen LogP contribution < -0.4 is 0 Å². The van der Waals surface area contributed by atoms with Gasteiger partial charge in [0.25, 0.3) is 0 Å². The Morgan fingerprint density at radius 2 is 0.761 bits per heavy atom. The number of carbonyl (C=O) groups is 1. The van der Waals surface area contributed by atoms with Gasteiger partial charge >= 0.3 is 0 Å². The minimum absolute atomic E-state index is 0. The zero-order valence-electron chi connectivity index (χ0n) is 47.4. The number of allylic oxidation sites excluding steroid dienone is 13. The Morgan fingerprint density at radius 3 is 1.04 bits per heavy atom. The lowest BCUT2D eigenvalue weighted by Gasteiger charge is -2.17. The summed E-state index contributed by atoms with van der Waals surface area (Å²) < 4.78 is 21.2. The molecule has 0 unspecified atom stereocenters. The fraction of sp³-hybridized carbons (Fsp3) is 0.738. The highest BCUT2D eigenvalue weighted by molar-refractivity contribution is 5.67. The van der Waals surface area contributed by atoms with E-state index < -0.39 is 0 Å². The maximum absolute atomic E-state index is 10.3. The van der Waals surface area contributed by atoms with E-state index in [1.54, 1.807) is 20.3 Å². The molecule has 0 bridgehead atoms. The molecule has 6 heteroatoms. The lowest BCUT2D eigenvalue weighted by molar-refractivity contribution is -0.104. The molecule has 6 nitrogen and oxygen atoms in total. The molecule has 71 heavy (non-hydrogen) atoms. The molecule has 0 saturated carbocycles. The molecule has 0 amide bonds. The van der Waals surface area contributed by atoms with Crippen LogP contribution in [-0.2, 0) is 23.7 Å². The van der Waals surface area contributed by atoms with Crippen LogP contribution in [0.2, 0.25) is 0 Å². The van der Waals surface area contributed by atoms with Crippen molar-refractivity contribution in [3.05, 3.63) is 93.2 Å². The third-order valence-electron chi connectivity index (χ3n) is 11.4. The van der Waals surface area contributed by atoms with Crippen molar-refractivity contribution in [3.8, 4) is 0 Å². The van der Waals surface area contributed by atoms with E-state index in [1.807, 2.05) is 26.0 Å². The first kappa shape index (κ1) is 85.2. The van der Waals surface area contributed by atoms with Crippen molar-refractivity contribution < 1.29 is 28.8 Å². The van der Waals surface area contributed by atoms with Gasteiger partial charge in [-0.15, -0.1) is 0 Å². The summed E-state index contributed by atoms with van der Waals surface area (Å²) in [5.41, 5.74) is 11.6. The van der Waals surface area contributed by atoms with Crippen molar-refractivity contribution in [3.63, 3.8) is 0 Å². The maximum atomic E-state index is 10.3. The Hall–Kier alpha value is -2.61. The quantitative estimate of drug-likeness (QED) is 0.0383. The van der Waals surface area contributed by atoms with Crippen molar-refractivity contribution in [2.45, 2.75) is 265 Å². The number of unbranched alkanes of at least 4 members (excludes halogenated alkanes) is 4. The average Bonchev–Trinajstić information content (AvgIpc) is 3.72. The van der Waals surface area contributed by atoms with Gasteiger partial charge in [0.2, 0.25) is 0 Å². The maximum Gasteiger partial charge on any atom is 0.177 e. The van der Waals surface area contributed by atoms with Gasteiger partial charge in [-0.25, -0.2) is 0 Å². The standard InChI is InChI=1S/C16H28O2.C16H30O2.C14H26O.C14H24O.5CH4/c1-13(8-6-7-9-16(3,4)5)14(2)12-15-17-10-11-18-15;1-13(10-8-9-11-16(3,4)5)14(2)12-15(17-6)18-7;2*1-12(13(2)9-11-15)8-6-7-10-14(3,4)5;;;;;/h8,12,15H,6-7,9-11H2,1-5H3;10,12,15H,8-9,11H2,1-7H3;8-9,15H,6-7,10-11H2,1-5H3;8-9,11H,6-7,10H2,1-5H3;5*1H4/b13-8+,14-12+;13-10+,14-12+;2*12-8+,13-9+;;;;;. The van der Waals surface area contributed by atoms with E-state index in [1.165, 1.54) is 90.4 Å². The molecule has 0 aromatic heterocycles. The highest BCUT2D eigenvalue weighted by Gasteiger charge is 2.14. The number of hydrogen-bond donors (Lipinski definition) is 1. The Morgan fingerprint density at radius 1 is 0.479 bits per heavy atom. The molecule has 1 aliphatic rings. The highest BCUT2D eigenvalue weighted by Crippen LogP contribution is 2.25. The SMILES string of the molecule is C.C.C.C.C.CC(=C\C=O)/C(C)=C/CCCC(C)(C)C.CC(=C\CCCC(C)(C)C)/C(C)=C/C1OCCO1.CC(=C\CO)/C(C)=C/CCCC(C)(C)C.COC(/C=C(C)/C(C)=C/CCCC(C)(C)C)OC. The number of hydrogen-bond acceptors (Lipinski definition) is 6. The smallest absolute Gasteiger partial charge is 0.177 e. The number of ether oxygens (including phenoxy) is 4. The molecular formula is C65H128O6. The number of carbonyl (C=O) groups excluding carboxylic acids is 1. The van der Waals surface area contributed by atoms with E-state index in [-0.39, 0.29) is 56.3 Å². The Balaban J connectivity index is -0.000000122. The number of rotatable bonds is 22. The Bertz CT molecular complexity index is 1470. The van der Waals surface area contributed by atoms with E-state index in [2.05, 4.69) is 155 Å². The third kappa shape index (κ3) is 58.2. The molecule has 1 fully saturated rings. The molecule has 1 rings (SSSR count). The van der Waals surface area contributed by atoms with Crippen LogP contribution in [0.3, 0.4) is 0 Å². The zero-order valence-corrected chi connectivity index (χ0v) is 47.4. The van der Waals surface area contributed by atoms with Gasteiger partial charge in [0.05, 0.1) is 19.8 Å². The topological polar surface area (TPSA) is 74.2 Å². The van der Waals surface area contributed by atoms with Crippen LogP contribution in [0.5, 0.6) is 0 Å². The average molecular weight is 1010 g/mol. The van der Waals surface area contributed by atoms with Crippen LogP contribution in [0, 0.1) is 21.7 Å². The summed E-state index contributed by atoms with van der Waals surface area (Å²) in [4.78, 5) is 10.3. The lowest BCUT2D eigenvalue weighted by atomic mass is 9.89. The first-order chi connectivity index (χ1) is 30.4. The molecule has 0 radical (unpaired) electrons. The summed E-state index contributed by atoms with van der Waals surface area (Å²) in [5, 5.41) is 8.76. The summed E-state index contributed by atoms with van der Waals surface area (Å²) in [6, 6.07) is 0. The second-order valence-corrected chi connectivity index (χ2v) is 23.1. The van der Waals surface area contributed by atoms with Gasteiger partial charge in [0, 0.05) is 14.2 Å². The van der Waals surface area contributed by atoms with Crippen molar-refractivity contribution in [1.29, 1.82) is 0 Å². The third-order valence-corrected chi connectivity index (χ3v) is 11.4. The number of aliphatic hydroxyl groups excluding tert-OH is 1. The van der Waals surface area contributed by atoms with Crippen molar-refractivity contribution in [2.24, 2.45) is 21.7 Å². The van der Waals surface area contributed by atoms with Gasteiger partial charge in [-0.1, -0.05) is 178 Å². The molecular weight excluding hydrogens is 877 g/mol. The predicted molar refractivity (Wildman–Crippen MR) is 324 cm³/mol. The van der Waals surface area contributed by atoms with Gasteiger partial charge in [0.15, 0.2) is 12.6 Å². The molecule has 424 valence electrons. The highest BCUT2D eigenvalue weighted by atomic mass is 16.7. The minimum atomic E-state index is -0.247. The van der Waals surface area contributed by atoms with Crippen LogP contribution in [0.4, 0.5) is 0 Å². The summed E-state index contributed by atoms with van der Waals surface area (Å²) in [6.07, 6.45) is 31.7. The van der Waals surface area contributed by atoms with Gasteiger partial charge in [-0.3, -0.25) is 4.79 Å². The summed E-state index contributed by atoms with van der Waals surface area (Å²) in [7, 11) is 3.31. The van der Waals surface area contributed by atoms with Gasteiger partial charge in [-0.2, -0.15) is 0 Å². The zero-order chi connectivity index (χ0) is 51.6. The van der Waals surface area contributed by atoms with E-state index in [0.717, 1.165) is 37.5 Å². The summed E-state index contributed by atoms with van der Waals surface area (Å²) in [5.74, 6) is 0. The van der Waals surface area contributed by atoms with Crippen LogP contribution in [0.1, 0.15) is 253 Å². The van der Waals surface area contributed by atoms with E-state index in [0.29, 0.717) is 34.9 Å². The first-order valence-corrected chi connectivity index (χ1v) is 25.2. The normalized spacial score (nSPS) is 14.7. The summed E-state index contributed by atoms with van der Waals surface area (Å²) >= 11 is 0.